The Morgan fingerprint density at radius 3 is 2.86 bits per heavy atom. The third-order valence-electron chi connectivity index (χ3n) is 3.77. The lowest BCUT2D eigenvalue weighted by atomic mass is 10.1. The average molecular weight is 323 g/mol. The molecule has 22 heavy (non-hydrogen) atoms. The quantitative estimate of drug-likeness (QED) is 0.937. The van der Waals surface area contributed by atoms with E-state index >= 15 is 0 Å². The number of nitrogens with one attached hydrogen (secondary N) is 1. The van der Waals surface area contributed by atoms with Crippen molar-refractivity contribution in [3.05, 3.63) is 36.1 Å². The Balaban J connectivity index is 1.83. The van der Waals surface area contributed by atoms with Crippen LogP contribution in [-0.4, -0.2) is 38.8 Å². The van der Waals surface area contributed by atoms with E-state index < -0.39 is 10.0 Å². The minimum atomic E-state index is -3.22. The highest BCUT2D eigenvalue weighted by molar-refractivity contribution is 7.88. The molecular weight excluding hydrogens is 305 g/mol. The predicted octanol–water partition coefficient (Wildman–Crippen LogP) is 1.89. The number of nitrogens with zero attached hydrogens (tertiary/aromatic N) is 2. The molecule has 2 aromatic rings. The first kappa shape index (κ1) is 15.2. The number of anilines is 1. The van der Waals surface area contributed by atoms with Crippen LogP contribution < -0.4 is 9.62 Å². The summed E-state index contributed by atoms with van der Waals surface area (Å²) in [7, 11) is -3.22. The van der Waals surface area contributed by atoms with Crippen LogP contribution >= 0.6 is 0 Å². The first-order valence-electron chi connectivity index (χ1n) is 7.19. The van der Waals surface area contributed by atoms with Crippen molar-refractivity contribution in [1.29, 1.82) is 0 Å². The molecule has 118 valence electrons. The molecule has 1 fully saturated rings. The minimum Gasteiger partial charge on any atom is -0.355 e. The number of halogens is 1. The summed E-state index contributed by atoms with van der Waals surface area (Å²) in [6, 6.07) is 8.21. The molecule has 1 atom stereocenters. The summed E-state index contributed by atoms with van der Waals surface area (Å²) < 4.78 is 38.7. The molecule has 2 heterocycles. The first-order chi connectivity index (χ1) is 10.4. The van der Waals surface area contributed by atoms with Gasteiger partial charge in [-0.25, -0.2) is 22.5 Å². The zero-order valence-electron chi connectivity index (χ0n) is 12.3. The van der Waals surface area contributed by atoms with Crippen LogP contribution in [0.2, 0.25) is 0 Å². The summed E-state index contributed by atoms with van der Waals surface area (Å²) in [6.07, 6.45) is 2.87. The number of benzene rings is 1. The highest BCUT2D eigenvalue weighted by Crippen LogP contribution is 2.22. The van der Waals surface area contributed by atoms with Crippen LogP contribution in [-0.2, 0) is 10.0 Å². The van der Waals surface area contributed by atoms with Gasteiger partial charge in [0.15, 0.2) is 0 Å². The van der Waals surface area contributed by atoms with Crippen molar-refractivity contribution in [3.63, 3.8) is 0 Å². The molecule has 0 amide bonds. The molecular formula is C15H18FN3O2S. The molecule has 0 aliphatic carbocycles. The van der Waals surface area contributed by atoms with E-state index in [4.69, 9.17) is 0 Å². The Kier molecular flexibility index (Phi) is 4.01. The zero-order chi connectivity index (χ0) is 15.7. The van der Waals surface area contributed by atoms with E-state index in [9.17, 15) is 12.8 Å². The summed E-state index contributed by atoms with van der Waals surface area (Å²) in [4.78, 5) is 6.54. The third-order valence-corrected chi connectivity index (χ3v) is 4.53. The van der Waals surface area contributed by atoms with Crippen LogP contribution in [0.15, 0.2) is 30.3 Å². The SMILES string of the molecule is CS(=O)(=O)NC1CCCN(c2ccc3ccc(F)cc3n2)C1. The van der Waals surface area contributed by atoms with E-state index in [0.717, 1.165) is 30.6 Å². The summed E-state index contributed by atoms with van der Waals surface area (Å²) in [6.45, 7) is 1.39. The van der Waals surface area contributed by atoms with Crippen molar-refractivity contribution in [2.24, 2.45) is 0 Å². The molecule has 3 rings (SSSR count). The van der Waals surface area contributed by atoms with Crippen molar-refractivity contribution >= 4 is 26.7 Å². The van der Waals surface area contributed by atoms with Crippen LogP contribution in [0, 0.1) is 5.82 Å². The lowest BCUT2D eigenvalue weighted by molar-refractivity contribution is 0.466. The van der Waals surface area contributed by atoms with Gasteiger partial charge in [-0.2, -0.15) is 0 Å². The maximum Gasteiger partial charge on any atom is 0.209 e. The van der Waals surface area contributed by atoms with Crippen molar-refractivity contribution in [1.82, 2.24) is 9.71 Å². The van der Waals surface area contributed by atoms with Gasteiger partial charge in [-0.3, -0.25) is 0 Å². The summed E-state index contributed by atoms with van der Waals surface area (Å²) in [5.74, 6) is 0.436. The minimum absolute atomic E-state index is 0.117. The molecule has 5 nitrogen and oxygen atoms in total. The van der Waals surface area contributed by atoms with E-state index in [2.05, 4.69) is 9.71 Å². The fraction of sp³-hybridized carbons (Fsp3) is 0.400. The summed E-state index contributed by atoms with van der Waals surface area (Å²) >= 11 is 0. The first-order valence-corrected chi connectivity index (χ1v) is 9.08. The lowest BCUT2D eigenvalue weighted by Crippen LogP contribution is -2.47. The number of pyridine rings is 1. The Morgan fingerprint density at radius 1 is 1.32 bits per heavy atom. The smallest absolute Gasteiger partial charge is 0.209 e. The molecule has 1 aliphatic rings. The largest absolute Gasteiger partial charge is 0.355 e. The van der Waals surface area contributed by atoms with Gasteiger partial charge in [0.2, 0.25) is 10.0 Å². The zero-order valence-corrected chi connectivity index (χ0v) is 13.1. The van der Waals surface area contributed by atoms with E-state index in [1.54, 1.807) is 6.07 Å². The third kappa shape index (κ3) is 3.53. The van der Waals surface area contributed by atoms with Crippen LogP contribution in [0.3, 0.4) is 0 Å². The Morgan fingerprint density at radius 2 is 2.09 bits per heavy atom. The van der Waals surface area contributed by atoms with Gasteiger partial charge in [0.1, 0.15) is 11.6 Å². The van der Waals surface area contributed by atoms with E-state index in [-0.39, 0.29) is 11.9 Å². The Hall–Kier alpha value is -1.73. The molecule has 1 aromatic heterocycles. The van der Waals surface area contributed by atoms with Crippen LogP contribution in [0.4, 0.5) is 10.2 Å². The lowest BCUT2D eigenvalue weighted by Gasteiger charge is -2.33. The number of sulfonamides is 1. The number of hydrogen-bond donors (Lipinski definition) is 1. The van der Waals surface area contributed by atoms with E-state index in [1.807, 2.05) is 17.0 Å². The van der Waals surface area contributed by atoms with Gasteiger partial charge in [-0.05, 0) is 37.1 Å². The van der Waals surface area contributed by atoms with Gasteiger partial charge in [0.05, 0.1) is 11.8 Å². The molecule has 1 N–H and O–H groups in total. The second-order valence-electron chi connectivity index (χ2n) is 5.68. The van der Waals surface area contributed by atoms with Gasteiger partial charge in [0, 0.05) is 30.6 Å². The van der Waals surface area contributed by atoms with E-state index in [0.29, 0.717) is 12.1 Å². The van der Waals surface area contributed by atoms with Crippen molar-refractivity contribution in [2.45, 2.75) is 18.9 Å². The van der Waals surface area contributed by atoms with Crippen molar-refractivity contribution in [3.8, 4) is 0 Å². The maximum absolute atomic E-state index is 13.3. The number of piperidine rings is 1. The van der Waals surface area contributed by atoms with Gasteiger partial charge >= 0.3 is 0 Å². The molecule has 1 aromatic carbocycles. The average Bonchev–Trinajstić information content (AvgIpc) is 2.45. The molecule has 0 saturated carbocycles. The maximum atomic E-state index is 13.3. The second kappa shape index (κ2) is 5.81. The molecule has 1 aliphatic heterocycles. The Labute approximate surface area is 129 Å². The number of rotatable bonds is 3. The standard InChI is InChI=1S/C15H18FN3O2S/c1-22(20,21)18-13-3-2-8-19(10-13)15-7-5-11-4-6-12(16)9-14(11)17-15/h4-7,9,13,18H,2-3,8,10H2,1H3. The normalized spacial score (nSPS) is 19.5. The number of fused-ring (bicyclic) bond motifs is 1. The van der Waals surface area contributed by atoms with Gasteiger partial charge in [-0.1, -0.05) is 0 Å². The summed E-state index contributed by atoms with van der Waals surface area (Å²) in [5, 5.41) is 0.882. The fourth-order valence-electron chi connectivity index (χ4n) is 2.84. The van der Waals surface area contributed by atoms with Crippen molar-refractivity contribution in [2.75, 3.05) is 24.2 Å². The molecule has 1 unspecified atom stereocenters. The Bertz CT molecular complexity index is 794. The topological polar surface area (TPSA) is 62.3 Å². The number of hydrogen-bond acceptors (Lipinski definition) is 4. The fourth-order valence-corrected chi connectivity index (χ4v) is 3.64. The number of aromatic nitrogens is 1. The van der Waals surface area contributed by atoms with Gasteiger partial charge < -0.3 is 4.90 Å². The second-order valence-corrected chi connectivity index (χ2v) is 7.46. The van der Waals surface area contributed by atoms with Crippen LogP contribution in [0.25, 0.3) is 10.9 Å². The predicted molar refractivity (Wildman–Crippen MR) is 84.9 cm³/mol. The van der Waals surface area contributed by atoms with Crippen molar-refractivity contribution < 1.29 is 12.8 Å². The molecule has 7 heteroatoms. The van der Waals surface area contributed by atoms with Gasteiger partial charge in [0.25, 0.3) is 0 Å². The molecule has 0 spiro atoms. The van der Waals surface area contributed by atoms with Gasteiger partial charge in [-0.15, -0.1) is 0 Å². The van der Waals surface area contributed by atoms with E-state index in [1.165, 1.54) is 18.4 Å². The highest BCUT2D eigenvalue weighted by Gasteiger charge is 2.23. The molecule has 0 bridgehead atoms. The van der Waals surface area contributed by atoms with Crippen LogP contribution in [0.5, 0.6) is 0 Å². The monoisotopic (exact) mass is 323 g/mol. The van der Waals surface area contributed by atoms with Crippen LogP contribution in [0.1, 0.15) is 12.8 Å². The highest BCUT2D eigenvalue weighted by atomic mass is 32.2. The molecule has 1 saturated heterocycles. The molecule has 0 radical (unpaired) electrons. The summed E-state index contributed by atoms with van der Waals surface area (Å²) in [5.41, 5.74) is 0.607.